The second-order valence-corrected chi connectivity index (χ2v) is 38.5. The van der Waals surface area contributed by atoms with Crippen LogP contribution in [0.5, 0.6) is 46.0 Å². The Hall–Kier alpha value is -13.1. The van der Waals surface area contributed by atoms with Gasteiger partial charge in [0.15, 0.2) is 53.7 Å². The van der Waals surface area contributed by atoms with Crippen molar-refractivity contribution < 1.29 is 142 Å². The smallest absolute Gasteiger partial charge is 0.352 e. The molecule has 25 N–H and O–H groups in total. The summed E-state index contributed by atoms with van der Waals surface area (Å²) in [7, 11) is 1.46. The number of rotatable bonds is 24. The molecule has 17 rings (SSSR count). The summed E-state index contributed by atoms with van der Waals surface area (Å²) in [5.41, 5.74) is 14.4. The van der Waals surface area contributed by atoms with Gasteiger partial charge in [0, 0.05) is 59.2 Å². The molecule has 6 aromatic carbocycles. The molecule has 0 radical (unpaired) electrons. The third-order valence-corrected chi connectivity index (χ3v) is 27.4. The van der Waals surface area contributed by atoms with Gasteiger partial charge in [-0.1, -0.05) is 114 Å². The largest absolute Gasteiger partial charge is 0.508 e. The van der Waals surface area contributed by atoms with Gasteiger partial charge in [0.25, 0.3) is 11.8 Å². The van der Waals surface area contributed by atoms with Crippen molar-refractivity contribution in [2.45, 2.75) is 187 Å². The number of fused-ring (bicyclic) bond motifs is 16. The number of primary amides is 1. The number of carboxylic acids is 1. The zero-order chi connectivity index (χ0) is 101. The number of aromatic nitrogens is 2. The summed E-state index contributed by atoms with van der Waals surface area (Å²) in [4.78, 5) is 174. The number of hydrogen-bond donors (Lipinski definition) is 22. The van der Waals surface area contributed by atoms with Gasteiger partial charge in [0.1, 0.15) is 129 Å². The number of thiazole rings is 1. The number of carboxylic acid groups (broad SMARTS) is 1. The summed E-state index contributed by atoms with van der Waals surface area (Å²) in [5, 5.41) is 142. The van der Waals surface area contributed by atoms with Crippen LogP contribution in [0.2, 0.25) is 14.4 Å². The Morgan fingerprint density at radius 1 is 0.730 bits per heavy atom. The average Bonchev–Trinajstić information content (AvgIpc) is 0.971. The van der Waals surface area contributed by atoms with Crippen molar-refractivity contribution in [1.29, 1.82) is 0 Å². The van der Waals surface area contributed by atoms with Crippen LogP contribution >= 0.6 is 57.9 Å². The predicted octanol–water partition coefficient (Wildman–Crippen LogP) is 1.68. The molecule has 49 heteroatoms. The number of likely N-dealkylation sites (N-methyl/N-ethyl adjacent to an activating group) is 1. The second-order valence-electron chi connectivity index (χ2n) is 35.0. The van der Waals surface area contributed by atoms with Crippen molar-refractivity contribution in [3.8, 4) is 57.1 Å². The summed E-state index contributed by atoms with van der Waals surface area (Å²) in [6.07, 6.45) is -15.6. The van der Waals surface area contributed by atoms with E-state index in [1.54, 1.807) is 35.2 Å². The molecule has 9 aliphatic rings. The van der Waals surface area contributed by atoms with Gasteiger partial charge in [-0.25, -0.2) is 14.3 Å². The van der Waals surface area contributed by atoms with Crippen molar-refractivity contribution in [3.63, 3.8) is 0 Å². The summed E-state index contributed by atoms with van der Waals surface area (Å²) >= 11 is 23.0. The molecular formula is C92H98Cl3N16O28S2+. The number of aromatic hydroxyl groups is 3. The molecule has 1 unspecified atom stereocenters. The highest BCUT2D eigenvalue weighted by molar-refractivity contribution is 8.00. The highest BCUT2D eigenvalue weighted by atomic mass is 35.5. The zero-order valence-electron chi connectivity index (χ0n) is 75.2. The summed E-state index contributed by atoms with van der Waals surface area (Å²) < 4.78 is 40.5. The Balaban J connectivity index is 0.792. The Morgan fingerprint density at radius 3 is 2.00 bits per heavy atom. The van der Waals surface area contributed by atoms with Gasteiger partial charge in [-0.2, -0.15) is 0 Å². The van der Waals surface area contributed by atoms with Gasteiger partial charge in [-0.05, 0) is 127 Å². The van der Waals surface area contributed by atoms with E-state index in [0.717, 1.165) is 83.0 Å². The lowest BCUT2D eigenvalue weighted by Crippen LogP contribution is -2.71. The Morgan fingerprint density at radius 2 is 1.38 bits per heavy atom. The maximum absolute atomic E-state index is 16.4. The number of thioether (sulfide) groups is 1. The molecule has 0 aliphatic carbocycles. The number of aliphatic carboxylic acids is 1. The van der Waals surface area contributed by atoms with Gasteiger partial charge >= 0.3 is 5.97 Å². The number of phenols is 3. The summed E-state index contributed by atoms with van der Waals surface area (Å²) in [5.74, 6) is -18.5. The number of pyridine rings is 1. The molecule has 0 spiro atoms. The average molecular weight is 2050 g/mol. The fraction of sp³-hybridized carbons (Fsp3) is 0.370. The Labute approximate surface area is 824 Å². The Bertz CT molecular complexity index is 6310. The number of phenolic OH excluding ortho intramolecular Hbond substituents is 3. The van der Waals surface area contributed by atoms with Gasteiger partial charge < -0.3 is 149 Å². The molecule has 3 fully saturated rings. The maximum Gasteiger partial charge on any atom is 0.352 e. The van der Waals surface area contributed by atoms with E-state index in [4.69, 9.17) is 85.3 Å². The number of benzene rings is 6. The maximum atomic E-state index is 16.4. The first-order valence-corrected chi connectivity index (χ1v) is 46.9. The van der Waals surface area contributed by atoms with Gasteiger partial charge in [-0.3, -0.25) is 52.8 Å². The van der Waals surface area contributed by atoms with Crippen LogP contribution in [0.4, 0.5) is 5.13 Å². The number of oxime groups is 1. The number of halogens is 3. The van der Waals surface area contributed by atoms with E-state index >= 15 is 28.8 Å². The first kappa shape index (κ1) is 102. The first-order chi connectivity index (χ1) is 67.0. The molecule has 141 heavy (non-hydrogen) atoms. The number of aliphatic hydroxyl groups excluding tert-OH is 6. The lowest BCUT2D eigenvalue weighted by molar-refractivity contribution is -0.689. The van der Waals surface area contributed by atoms with Crippen molar-refractivity contribution in [1.82, 2.24) is 57.7 Å². The van der Waals surface area contributed by atoms with E-state index in [2.05, 4.69) is 58.0 Å². The molecule has 2 aromatic heterocycles. The number of nitrogens with zero attached hydrogens (tertiary/aromatic N) is 4. The van der Waals surface area contributed by atoms with Gasteiger partial charge in [0.2, 0.25) is 59.3 Å². The number of carbonyl (C=O) groups is 11. The van der Waals surface area contributed by atoms with Crippen molar-refractivity contribution in [3.05, 3.63) is 204 Å². The fourth-order valence-electron chi connectivity index (χ4n) is 17.2. The Kier molecular flexibility index (Phi) is 31.0. The SMILES string of the molecule is CN[C@H](CC(C)C)C(=O)NC1C(=O)N[C@@H](CC(N)=O)C(=O)N[C@H]2C(=O)N[C@H]3C(=O)N[C@H](C(=O)N[C@H](C(=O)NCc4ccc(CO/N=C(\C(=O)N[C@@H]5C(=O)N6C(C(=O)O)=C(C[n+]7ccccc7)CS[C@H]56)c5nc(N)sc5Cl)cc4)c4cc(O)cc(O)c4-c4cc3ccc4O)[C@H](O)c3ccc(c(Cl)c3)Oc3cc2cc(c3O[C@@H]2O[C@H](CO)[C@@H](O)[C@H](O)[C@H]2O[C@H]2C[C@](C)(N)[C@H](O)[C@H](C)O2)Oc2ccc(cc2Cl)[C@H]1O. The van der Waals surface area contributed by atoms with Gasteiger partial charge in [-0.15, -0.1) is 11.8 Å². The van der Waals surface area contributed by atoms with E-state index in [-0.39, 0.29) is 86.0 Å². The van der Waals surface area contributed by atoms with E-state index in [0.29, 0.717) is 16.7 Å². The number of nitrogens with one attached hydrogen (secondary N) is 9. The lowest BCUT2D eigenvalue weighted by atomic mass is 9.86. The predicted molar refractivity (Wildman–Crippen MR) is 499 cm³/mol. The van der Waals surface area contributed by atoms with Crippen LogP contribution in [-0.4, -0.2) is 241 Å². The highest BCUT2D eigenvalue weighted by Crippen LogP contribution is 2.51. The topological polar surface area (TPSA) is 673 Å². The molecule has 3 saturated heterocycles. The van der Waals surface area contributed by atoms with Crippen molar-refractivity contribution in [2.24, 2.45) is 22.5 Å². The molecule has 44 nitrogen and oxygen atoms in total. The molecule has 746 valence electrons. The van der Waals surface area contributed by atoms with Crippen LogP contribution in [-0.2, 0) is 91.5 Å². The minimum Gasteiger partial charge on any atom is -0.508 e. The zero-order valence-corrected chi connectivity index (χ0v) is 79.1. The normalized spacial score (nSPS) is 26.5. The molecule has 11 heterocycles. The van der Waals surface area contributed by atoms with E-state index < -0.39 is 279 Å². The third-order valence-electron chi connectivity index (χ3n) is 24.4. The van der Waals surface area contributed by atoms with Crippen LogP contribution in [0.1, 0.15) is 122 Å². The molecular weight excluding hydrogens is 1950 g/mol. The fourth-order valence-corrected chi connectivity index (χ4v) is 19.9. The monoisotopic (exact) mass is 2040 g/mol. The number of β-lactam (4-membered cyclic amide) rings is 1. The van der Waals surface area contributed by atoms with Crippen molar-refractivity contribution >= 4 is 134 Å². The number of anilines is 1. The van der Waals surface area contributed by atoms with Crippen molar-refractivity contribution in [2.75, 3.05) is 25.1 Å². The lowest BCUT2D eigenvalue weighted by Gasteiger charge is -2.49. The van der Waals surface area contributed by atoms with E-state index in [9.17, 15) is 75.0 Å². The highest BCUT2D eigenvalue weighted by Gasteiger charge is 2.56. The van der Waals surface area contributed by atoms with E-state index in [1.807, 2.05) is 13.8 Å². The number of ether oxygens (including phenoxy) is 6. The molecule has 8 aromatic rings. The number of aliphatic hydroxyl groups is 6. The quantitative estimate of drug-likeness (QED) is 0.0177. The van der Waals surface area contributed by atoms with E-state index in [1.165, 1.54) is 69.1 Å². The number of carbonyl (C=O) groups excluding carboxylic acids is 10. The summed E-state index contributed by atoms with van der Waals surface area (Å²) in [6, 6.07) is 9.52. The third kappa shape index (κ3) is 22.1. The minimum absolute atomic E-state index is 0.0581. The second kappa shape index (κ2) is 42.7. The van der Waals surface area contributed by atoms with Crippen LogP contribution in [0.3, 0.4) is 0 Å². The summed E-state index contributed by atoms with van der Waals surface area (Å²) in [6.45, 7) is 5.03. The standard InChI is InChI=1S/C92H97Cl3N16O28S2/c1-36(2)21-50(99-5)79(122)105-67-71(117)41-14-17-54(48(93)23-41)135-56-25-43-26-57(75(56)139-90-76(74(120)73(119)58(33-112)137-90)138-60-30-92(4,98)77(121)37(3)134-60)136-55-18-15-42(24-49(55)94)72(118)68-86(129)104-64(47-27-45(113)28-53(115)61(47)46-22-40(13-16-52(46)114)62(82(125)106-68)103-83(126)63(43)102-80(123)51(29-59(96)116)101-85(67)128)81(124)100-31-38-9-11-39(12-10-38)34-133-109-66(65-78(95)141-91(97)108-65)84(127)107-69-87(130)111-70(89(131)132)44(35-140-88(69)111)32-110-19-7-6-8-20-110/h6-20,22-28,36-37,50-51,58,60,62-64,67-69,71-74,76-77,88,90,99,112,117-121H,21,29-35,98H2,1-5H3,(H15-,96,97,100,101,102,103,104,105,106,107,108,109,113,114,115,116,122,123,124,125,126,127,128,129,131,132)/p+1/t37-,50+,51-,58+,60-,62+,63+,64-,67?,68-,69+,71+,72+,73+,74-,76+,77+,88+,90-,92-/m0/s1. The molecule has 20 atom stereocenters. The van der Waals surface area contributed by atoms with Crippen LogP contribution < -0.4 is 83.8 Å². The number of nitrogens with two attached hydrogens (primary N) is 3. The number of nitrogen functional groups attached to an aromatic ring is 1. The van der Waals surface area contributed by atoms with Crippen LogP contribution in [0.15, 0.2) is 150 Å². The number of amides is 10. The molecule has 0 saturated carbocycles. The molecule has 9 aliphatic heterocycles. The first-order valence-electron chi connectivity index (χ1n) is 43.9. The van der Waals surface area contributed by atoms with Crippen LogP contribution in [0.25, 0.3) is 11.1 Å². The van der Waals surface area contributed by atoms with Crippen LogP contribution in [0, 0.1) is 5.92 Å². The molecule has 11 bridgehead atoms. The number of hydrogen-bond acceptors (Lipinski definition) is 34. The molecule has 10 amide bonds. The minimum atomic E-state index is -2.40. The van der Waals surface area contributed by atoms with Gasteiger partial charge in [0.05, 0.1) is 41.3 Å².